The largest absolute Gasteiger partial charge is 0.490 e. The third-order valence-corrected chi connectivity index (χ3v) is 5.65. The second-order valence-electron chi connectivity index (χ2n) is 7.58. The highest BCUT2D eigenvalue weighted by Crippen LogP contribution is 2.39. The molecular formula is C22H22F2N2O2. The van der Waals surface area contributed by atoms with E-state index >= 15 is 0 Å². The Kier molecular flexibility index (Phi) is 4.67. The van der Waals surface area contributed by atoms with Crippen molar-refractivity contribution in [1.82, 2.24) is 4.98 Å². The van der Waals surface area contributed by atoms with Gasteiger partial charge in [-0.2, -0.15) is 0 Å². The summed E-state index contributed by atoms with van der Waals surface area (Å²) in [6, 6.07) is 9.34. The predicted molar refractivity (Wildman–Crippen MR) is 104 cm³/mol. The molecule has 1 aromatic heterocycles. The Balaban J connectivity index is 1.53. The molecule has 0 spiro atoms. The van der Waals surface area contributed by atoms with Gasteiger partial charge in [0.15, 0.2) is 0 Å². The zero-order chi connectivity index (χ0) is 19.9. The van der Waals surface area contributed by atoms with Crippen LogP contribution in [0.3, 0.4) is 0 Å². The predicted octanol–water partition coefficient (Wildman–Crippen LogP) is 4.29. The van der Waals surface area contributed by atoms with Crippen LogP contribution in [0.15, 0.2) is 47.4 Å². The second kappa shape index (κ2) is 7.02. The maximum absolute atomic E-state index is 14.2. The minimum absolute atomic E-state index is 0.0328. The Hall–Kier alpha value is -2.73. The van der Waals surface area contributed by atoms with Crippen LogP contribution in [0.25, 0.3) is 10.8 Å². The maximum Gasteiger partial charge on any atom is 0.255 e. The molecule has 1 aliphatic rings. The van der Waals surface area contributed by atoms with Gasteiger partial charge in [0, 0.05) is 22.7 Å². The van der Waals surface area contributed by atoms with Gasteiger partial charge in [-0.3, -0.25) is 4.79 Å². The topological polar surface area (TPSA) is 68.1 Å². The van der Waals surface area contributed by atoms with Crippen molar-refractivity contribution >= 4 is 10.8 Å². The van der Waals surface area contributed by atoms with E-state index in [1.807, 2.05) is 25.1 Å². The Bertz CT molecular complexity index is 1070. The van der Waals surface area contributed by atoms with E-state index in [1.165, 1.54) is 18.2 Å². The number of hydrogen-bond donors (Lipinski definition) is 2. The lowest BCUT2D eigenvalue weighted by Crippen LogP contribution is -2.44. The molecule has 0 unspecified atom stereocenters. The number of halogens is 2. The maximum atomic E-state index is 14.2. The first kappa shape index (κ1) is 18.6. The molecule has 0 aliphatic heterocycles. The van der Waals surface area contributed by atoms with Gasteiger partial charge in [0.05, 0.1) is 6.10 Å². The van der Waals surface area contributed by atoms with Crippen molar-refractivity contribution in [3.63, 3.8) is 0 Å². The Morgan fingerprint density at radius 3 is 2.50 bits per heavy atom. The average Bonchev–Trinajstić information content (AvgIpc) is 2.65. The summed E-state index contributed by atoms with van der Waals surface area (Å²) in [6.07, 6.45) is 3.57. The van der Waals surface area contributed by atoms with E-state index in [1.54, 1.807) is 6.20 Å². The number of benzene rings is 2. The van der Waals surface area contributed by atoms with Crippen LogP contribution in [-0.2, 0) is 5.54 Å². The van der Waals surface area contributed by atoms with Gasteiger partial charge < -0.3 is 15.5 Å². The zero-order valence-corrected chi connectivity index (χ0v) is 15.6. The fourth-order valence-corrected chi connectivity index (χ4v) is 4.08. The van der Waals surface area contributed by atoms with E-state index in [-0.39, 0.29) is 17.2 Å². The van der Waals surface area contributed by atoms with Gasteiger partial charge in [-0.05, 0) is 73.9 Å². The smallest absolute Gasteiger partial charge is 0.255 e. The molecule has 4 rings (SSSR count). The number of ether oxygens (including phenoxy) is 1. The van der Waals surface area contributed by atoms with Gasteiger partial charge >= 0.3 is 0 Å². The van der Waals surface area contributed by atoms with E-state index in [0.29, 0.717) is 36.8 Å². The van der Waals surface area contributed by atoms with Crippen molar-refractivity contribution in [2.24, 2.45) is 5.73 Å². The lowest BCUT2D eigenvalue weighted by molar-refractivity contribution is 0.114. The number of aromatic amines is 1. The molecule has 4 nitrogen and oxygen atoms in total. The van der Waals surface area contributed by atoms with Crippen molar-refractivity contribution in [3.05, 3.63) is 75.7 Å². The van der Waals surface area contributed by atoms with Gasteiger partial charge in [0.25, 0.3) is 5.56 Å². The van der Waals surface area contributed by atoms with Crippen molar-refractivity contribution in [2.45, 2.75) is 44.2 Å². The molecule has 146 valence electrons. The summed E-state index contributed by atoms with van der Waals surface area (Å²) in [6.45, 7) is 1.89. The molecule has 1 fully saturated rings. The highest BCUT2D eigenvalue weighted by atomic mass is 19.1. The quantitative estimate of drug-likeness (QED) is 0.708. The summed E-state index contributed by atoms with van der Waals surface area (Å²) in [5.41, 5.74) is 6.06. The standard InChI is InChI=1S/C22H22F2N2O2/c1-13-11-16-14(7-10-26-21(16)27)12-19(13)28-15-5-8-22(25,9-6-15)20-17(23)3-2-4-18(20)24/h2-4,7,10-12,15H,5-6,8-9,25H2,1H3,(H,26,27)/t15-,22+. The number of nitrogens with one attached hydrogen (secondary N) is 1. The summed E-state index contributed by atoms with van der Waals surface area (Å²) in [7, 11) is 0. The SMILES string of the molecule is Cc1cc2c(=O)[nH]ccc2cc1O[C@H]1CC[C@](N)(c2c(F)cccc2F)CC1. The molecular weight excluding hydrogens is 362 g/mol. The fraction of sp³-hybridized carbons (Fsp3) is 0.318. The average molecular weight is 384 g/mol. The van der Waals surface area contributed by atoms with Crippen LogP contribution in [0, 0.1) is 18.6 Å². The lowest BCUT2D eigenvalue weighted by atomic mass is 9.76. The second-order valence-corrected chi connectivity index (χ2v) is 7.58. The van der Waals surface area contributed by atoms with Crippen LogP contribution in [0.4, 0.5) is 8.78 Å². The normalized spacial score (nSPS) is 22.4. The molecule has 0 radical (unpaired) electrons. The molecule has 0 saturated heterocycles. The summed E-state index contributed by atoms with van der Waals surface area (Å²) in [4.78, 5) is 14.6. The van der Waals surface area contributed by atoms with E-state index in [0.717, 1.165) is 10.9 Å². The van der Waals surface area contributed by atoms with Crippen LogP contribution >= 0.6 is 0 Å². The van der Waals surface area contributed by atoms with Crippen LogP contribution in [0.5, 0.6) is 5.75 Å². The monoisotopic (exact) mass is 384 g/mol. The number of fused-ring (bicyclic) bond motifs is 1. The highest BCUT2D eigenvalue weighted by molar-refractivity contribution is 5.83. The Labute approximate surface area is 161 Å². The van der Waals surface area contributed by atoms with Crippen molar-refractivity contribution < 1.29 is 13.5 Å². The summed E-state index contributed by atoms with van der Waals surface area (Å²) >= 11 is 0. The van der Waals surface area contributed by atoms with E-state index in [4.69, 9.17) is 10.5 Å². The number of pyridine rings is 1. The van der Waals surface area contributed by atoms with Gasteiger partial charge in [-0.15, -0.1) is 0 Å². The molecule has 1 aliphatic carbocycles. The number of rotatable bonds is 3. The highest BCUT2D eigenvalue weighted by Gasteiger charge is 2.38. The molecule has 0 amide bonds. The molecule has 2 aromatic carbocycles. The first-order valence-corrected chi connectivity index (χ1v) is 9.39. The van der Waals surface area contributed by atoms with E-state index < -0.39 is 17.2 Å². The van der Waals surface area contributed by atoms with Crippen molar-refractivity contribution in [1.29, 1.82) is 0 Å². The molecule has 1 saturated carbocycles. The molecule has 3 N–H and O–H groups in total. The number of H-pyrrole nitrogens is 1. The summed E-state index contributed by atoms with van der Waals surface area (Å²) in [5.74, 6) is -0.486. The van der Waals surface area contributed by atoms with Gasteiger partial charge in [-0.1, -0.05) is 6.07 Å². The van der Waals surface area contributed by atoms with E-state index in [9.17, 15) is 13.6 Å². The summed E-state index contributed by atoms with van der Waals surface area (Å²) < 4.78 is 34.5. The third kappa shape index (κ3) is 3.29. The number of aryl methyl sites for hydroxylation is 1. The van der Waals surface area contributed by atoms with Crippen molar-refractivity contribution in [3.8, 4) is 5.75 Å². The van der Waals surface area contributed by atoms with Crippen LogP contribution in [0.2, 0.25) is 0 Å². The van der Waals surface area contributed by atoms with Crippen LogP contribution < -0.4 is 16.0 Å². The molecule has 0 atom stereocenters. The van der Waals surface area contributed by atoms with Crippen LogP contribution in [0.1, 0.15) is 36.8 Å². The third-order valence-electron chi connectivity index (χ3n) is 5.65. The molecule has 1 heterocycles. The first-order chi connectivity index (χ1) is 13.4. The molecule has 28 heavy (non-hydrogen) atoms. The number of aromatic nitrogens is 1. The van der Waals surface area contributed by atoms with Gasteiger partial charge in [0.1, 0.15) is 17.4 Å². The summed E-state index contributed by atoms with van der Waals surface area (Å²) in [5, 5.41) is 1.42. The molecule has 3 aromatic rings. The molecule has 0 bridgehead atoms. The van der Waals surface area contributed by atoms with Gasteiger partial charge in [-0.25, -0.2) is 8.78 Å². The minimum atomic E-state index is -1.03. The fourth-order valence-electron chi connectivity index (χ4n) is 4.08. The Morgan fingerprint density at radius 2 is 1.82 bits per heavy atom. The van der Waals surface area contributed by atoms with Crippen LogP contribution in [-0.4, -0.2) is 11.1 Å². The van der Waals surface area contributed by atoms with Gasteiger partial charge in [0.2, 0.25) is 0 Å². The molecule has 6 heteroatoms. The Morgan fingerprint density at radius 1 is 1.14 bits per heavy atom. The lowest BCUT2D eigenvalue weighted by Gasteiger charge is -2.38. The minimum Gasteiger partial charge on any atom is -0.490 e. The first-order valence-electron chi connectivity index (χ1n) is 9.39. The van der Waals surface area contributed by atoms with Crippen molar-refractivity contribution in [2.75, 3.05) is 0 Å². The van der Waals surface area contributed by atoms with E-state index in [2.05, 4.69) is 4.98 Å². The number of hydrogen-bond acceptors (Lipinski definition) is 3. The number of nitrogens with two attached hydrogens (primary N) is 1. The zero-order valence-electron chi connectivity index (χ0n) is 15.6.